The molecule has 0 amide bonds. The fourth-order valence-electron chi connectivity index (χ4n) is 1.45. The molecular weight excluding hydrogens is 210 g/mol. The van der Waals surface area contributed by atoms with Crippen LogP contribution in [-0.2, 0) is 0 Å². The summed E-state index contributed by atoms with van der Waals surface area (Å²) in [6.07, 6.45) is 1.41. The maximum Gasteiger partial charge on any atom is 0.145 e. The zero-order valence-corrected chi connectivity index (χ0v) is 9.21. The maximum atomic E-state index is 8.77. The molecule has 2 aromatic carbocycles. The SMILES string of the molecule is N#C/C=C(/Oc1ccccc1)c1ccccc1. The molecule has 0 aliphatic carbocycles. The van der Waals surface area contributed by atoms with Gasteiger partial charge in [-0.1, -0.05) is 48.5 Å². The summed E-state index contributed by atoms with van der Waals surface area (Å²) in [7, 11) is 0. The summed E-state index contributed by atoms with van der Waals surface area (Å²) in [4.78, 5) is 0. The molecule has 0 unspecified atom stereocenters. The largest absolute Gasteiger partial charge is 0.456 e. The summed E-state index contributed by atoms with van der Waals surface area (Å²) in [5.41, 5.74) is 0.887. The molecule has 0 heterocycles. The Kier molecular flexibility index (Phi) is 3.57. The molecule has 0 N–H and O–H groups in total. The Hall–Kier alpha value is -2.53. The molecule has 0 atom stereocenters. The number of nitrogens with zero attached hydrogens (tertiary/aromatic N) is 1. The van der Waals surface area contributed by atoms with E-state index in [1.165, 1.54) is 6.08 Å². The normalized spacial score (nSPS) is 10.6. The molecule has 0 saturated carbocycles. The van der Waals surface area contributed by atoms with E-state index in [2.05, 4.69) is 0 Å². The molecular formula is C15H11NO. The Bertz CT molecular complexity index is 538. The highest BCUT2D eigenvalue weighted by Gasteiger charge is 2.03. The second-order valence-corrected chi connectivity index (χ2v) is 3.42. The van der Waals surface area contributed by atoms with E-state index in [-0.39, 0.29) is 0 Å². The Labute approximate surface area is 100 Å². The van der Waals surface area contributed by atoms with Gasteiger partial charge in [-0.3, -0.25) is 0 Å². The van der Waals surface area contributed by atoms with Gasteiger partial charge in [0.25, 0.3) is 0 Å². The van der Waals surface area contributed by atoms with Crippen molar-refractivity contribution in [3.05, 3.63) is 72.3 Å². The first-order valence-electron chi connectivity index (χ1n) is 5.28. The molecule has 0 radical (unpaired) electrons. The quantitative estimate of drug-likeness (QED) is 0.585. The molecule has 0 bridgehead atoms. The lowest BCUT2D eigenvalue weighted by molar-refractivity contribution is 0.515. The number of nitriles is 1. The van der Waals surface area contributed by atoms with Crippen molar-refractivity contribution >= 4 is 5.76 Å². The van der Waals surface area contributed by atoms with Gasteiger partial charge in [0, 0.05) is 5.56 Å². The number of hydrogen-bond donors (Lipinski definition) is 0. The van der Waals surface area contributed by atoms with Gasteiger partial charge in [-0.25, -0.2) is 0 Å². The van der Waals surface area contributed by atoms with Crippen molar-refractivity contribution in [2.75, 3.05) is 0 Å². The molecule has 0 aliphatic rings. The molecule has 0 spiro atoms. The van der Waals surface area contributed by atoms with E-state index in [0.29, 0.717) is 5.76 Å². The van der Waals surface area contributed by atoms with Crippen LogP contribution in [0.4, 0.5) is 0 Å². The van der Waals surface area contributed by atoms with E-state index in [1.54, 1.807) is 0 Å². The first kappa shape index (κ1) is 11.0. The zero-order chi connectivity index (χ0) is 11.9. The molecule has 2 nitrogen and oxygen atoms in total. The van der Waals surface area contributed by atoms with Crippen LogP contribution in [0.1, 0.15) is 5.56 Å². The van der Waals surface area contributed by atoms with Crippen LogP contribution in [0.5, 0.6) is 5.75 Å². The second kappa shape index (κ2) is 5.53. The van der Waals surface area contributed by atoms with Crippen molar-refractivity contribution < 1.29 is 4.74 Å². The van der Waals surface area contributed by atoms with Crippen molar-refractivity contribution in [2.24, 2.45) is 0 Å². The standard InChI is InChI=1S/C15H11NO/c16-12-11-15(13-7-3-1-4-8-13)17-14-9-5-2-6-10-14/h1-11H/b15-11+. The predicted molar refractivity (Wildman–Crippen MR) is 67.1 cm³/mol. The fourth-order valence-corrected chi connectivity index (χ4v) is 1.45. The summed E-state index contributed by atoms with van der Waals surface area (Å²) < 4.78 is 5.68. The Morgan fingerprint density at radius 2 is 1.53 bits per heavy atom. The monoisotopic (exact) mass is 221 g/mol. The van der Waals surface area contributed by atoms with Crippen LogP contribution in [0.2, 0.25) is 0 Å². The molecule has 2 aromatic rings. The average Bonchev–Trinajstić information content (AvgIpc) is 2.40. The third-order valence-electron chi connectivity index (χ3n) is 2.22. The number of para-hydroxylation sites is 1. The summed E-state index contributed by atoms with van der Waals surface area (Å²) in [6, 6.07) is 21.0. The van der Waals surface area contributed by atoms with E-state index < -0.39 is 0 Å². The number of rotatable bonds is 3. The smallest absolute Gasteiger partial charge is 0.145 e. The van der Waals surface area contributed by atoms with Crippen LogP contribution in [0.3, 0.4) is 0 Å². The van der Waals surface area contributed by atoms with Gasteiger partial charge in [0.15, 0.2) is 0 Å². The van der Waals surface area contributed by atoms with Gasteiger partial charge >= 0.3 is 0 Å². The van der Waals surface area contributed by atoms with Crippen molar-refractivity contribution in [1.82, 2.24) is 0 Å². The lowest BCUT2D eigenvalue weighted by Gasteiger charge is -2.08. The minimum atomic E-state index is 0.555. The van der Waals surface area contributed by atoms with Gasteiger partial charge in [0.2, 0.25) is 0 Å². The minimum absolute atomic E-state index is 0.555. The third-order valence-corrected chi connectivity index (χ3v) is 2.22. The maximum absolute atomic E-state index is 8.77. The van der Waals surface area contributed by atoms with Crippen LogP contribution < -0.4 is 4.74 Å². The lowest BCUT2D eigenvalue weighted by atomic mass is 10.2. The van der Waals surface area contributed by atoms with Crippen LogP contribution in [0.25, 0.3) is 5.76 Å². The molecule has 2 rings (SSSR count). The Morgan fingerprint density at radius 1 is 0.941 bits per heavy atom. The van der Waals surface area contributed by atoms with E-state index in [0.717, 1.165) is 11.3 Å². The third kappa shape index (κ3) is 2.96. The van der Waals surface area contributed by atoms with Crippen LogP contribution in [-0.4, -0.2) is 0 Å². The summed E-state index contributed by atoms with van der Waals surface area (Å²) in [6.45, 7) is 0. The number of ether oxygens (including phenoxy) is 1. The summed E-state index contributed by atoms with van der Waals surface area (Å²) >= 11 is 0. The molecule has 0 fully saturated rings. The van der Waals surface area contributed by atoms with Gasteiger partial charge in [0.05, 0.1) is 12.1 Å². The average molecular weight is 221 g/mol. The molecule has 82 valence electrons. The van der Waals surface area contributed by atoms with Crippen LogP contribution in [0, 0.1) is 11.3 Å². The number of allylic oxidation sites excluding steroid dienone is 1. The molecule has 0 aromatic heterocycles. The van der Waals surface area contributed by atoms with Gasteiger partial charge in [-0.2, -0.15) is 5.26 Å². The van der Waals surface area contributed by atoms with Crippen LogP contribution >= 0.6 is 0 Å². The highest BCUT2D eigenvalue weighted by Crippen LogP contribution is 2.20. The van der Waals surface area contributed by atoms with Crippen molar-refractivity contribution in [3.63, 3.8) is 0 Å². The highest BCUT2D eigenvalue weighted by molar-refractivity contribution is 5.63. The van der Waals surface area contributed by atoms with E-state index >= 15 is 0 Å². The molecule has 0 saturated heterocycles. The highest BCUT2D eigenvalue weighted by atomic mass is 16.5. The summed E-state index contributed by atoms with van der Waals surface area (Å²) in [5, 5.41) is 8.77. The minimum Gasteiger partial charge on any atom is -0.456 e. The first-order valence-corrected chi connectivity index (χ1v) is 5.28. The number of hydrogen-bond acceptors (Lipinski definition) is 2. The van der Waals surface area contributed by atoms with Crippen molar-refractivity contribution in [2.45, 2.75) is 0 Å². The van der Waals surface area contributed by atoms with Crippen molar-refractivity contribution in [1.29, 1.82) is 5.26 Å². The van der Waals surface area contributed by atoms with E-state index in [9.17, 15) is 0 Å². The predicted octanol–water partition coefficient (Wildman–Crippen LogP) is 3.63. The van der Waals surface area contributed by atoms with Gasteiger partial charge in [0.1, 0.15) is 11.5 Å². The Balaban J connectivity index is 2.27. The first-order chi connectivity index (χ1) is 8.40. The lowest BCUT2D eigenvalue weighted by Crippen LogP contribution is -1.94. The van der Waals surface area contributed by atoms with E-state index in [4.69, 9.17) is 10.00 Å². The molecule has 0 aliphatic heterocycles. The topological polar surface area (TPSA) is 33.0 Å². The fraction of sp³-hybridized carbons (Fsp3) is 0. The number of benzene rings is 2. The molecule has 2 heteroatoms. The summed E-state index contributed by atoms with van der Waals surface area (Å²) in [5.74, 6) is 1.28. The van der Waals surface area contributed by atoms with Crippen LogP contribution in [0.15, 0.2) is 66.7 Å². The zero-order valence-electron chi connectivity index (χ0n) is 9.21. The van der Waals surface area contributed by atoms with Crippen molar-refractivity contribution in [3.8, 4) is 11.8 Å². The molecule has 17 heavy (non-hydrogen) atoms. The van der Waals surface area contributed by atoms with E-state index in [1.807, 2.05) is 66.7 Å². The van der Waals surface area contributed by atoms with Gasteiger partial charge in [-0.15, -0.1) is 0 Å². The Morgan fingerprint density at radius 3 is 2.12 bits per heavy atom. The van der Waals surface area contributed by atoms with Gasteiger partial charge < -0.3 is 4.74 Å². The second-order valence-electron chi connectivity index (χ2n) is 3.42. The van der Waals surface area contributed by atoms with Gasteiger partial charge in [-0.05, 0) is 12.1 Å².